The Labute approximate surface area is 123 Å². The van der Waals surface area contributed by atoms with Gasteiger partial charge in [-0.2, -0.15) is 0 Å². The highest BCUT2D eigenvalue weighted by Crippen LogP contribution is 2.26. The van der Waals surface area contributed by atoms with Crippen LogP contribution in [0.3, 0.4) is 0 Å². The molecule has 0 aromatic heterocycles. The van der Waals surface area contributed by atoms with Gasteiger partial charge in [-0.05, 0) is 31.6 Å². The third kappa shape index (κ3) is 5.70. The van der Waals surface area contributed by atoms with Crippen molar-refractivity contribution in [2.24, 2.45) is 10.9 Å². The van der Waals surface area contributed by atoms with Crippen LogP contribution in [-0.2, 0) is 4.74 Å². The Balaban J connectivity index is 1.51. The van der Waals surface area contributed by atoms with Crippen molar-refractivity contribution >= 4 is 5.96 Å². The smallest absolute Gasteiger partial charge is 0.191 e. The van der Waals surface area contributed by atoms with Gasteiger partial charge in [-0.25, -0.2) is 0 Å². The number of guanidine groups is 1. The molecule has 2 fully saturated rings. The molecule has 0 amide bonds. The predicted molar refractivity (Wildman–Crippen MR) is 84.1 cm³/mol. The molecule has 1 heterocycles. The highest BCUT2D eigenvalue weighted by molar-refractivity contribution is 5.79. The Morgan fingerprint density at radius 3 is 2.65 bits per heavy atom. The first-order valence-electron chi connectivity index (χ1n) is 8.44. The minimum atomic E-state index is 0.371. The van der Waals surface area contributed by atoms with Crippen LogP contribution in [0.4, 0.5) is 0 Å². The molecule has 1 saturated carbocycles. The first kappa shape index (κ1) is 15.6. The van der Waals surface area contributed by atoms with Crippen LogP contribution in [0.25, 0.3) is 0 Å². The van der Waals surface area contributed by atoms with Crippen LogP contribution >= 0.6 is 0 Å². The molecule has 0 radical (unpaired) electrons. The first-order valence-corrected chi connectivity index (χ1v) is 8.44. The molecule has 1 unspecified atom stereocenters. The van der Waals surface area contributed by atoms with Gasteiger partial charge in [0.05, 0.1) is 6.10 Å². The van der Waals surface area contributed by atoms with E-state index in [9.17, 15) is 0 Å². The fraction of sp³-hybridized carbons (Fsp3) is 0.938. The summed E-state index contributed by atoms with van der Waals surface area (Å²) in [5.74, 6) is 1.90. The maximum Gasteiger partial charge on any atom is 0.191 e. The van der Waals surface area contributed by atoms with Crippen LogP contribution < -0.4 is 10.6 Å². The molecular formula is C16H31N3O. The van der Waals surface area contributed by atoms with E-state index < -0.39 is 0 Å². The average molecular weight is 281 g/mol. The van der Waals surface area contributed by atoms with E-state index in [1.54, 1.807) is 0 Å². The maximum atomic E-state index is 5.61. The van der Waals surface area contributed by atoms with Gasteiger partial charge in [0.2, 0.25) is 0 Å². The molecule has 0 aromatic rings. The zero-order chi connectivity index (χ0) is 14.0. The second-order valence-electron chi connectivity index (χ2n) is 6.16. The van der Waals surface area contributed by atoms with Crippen molar-refractivity contribution in [3.05, 3.63) is 0 Å². The molecule has 2 aliphatic rings. The predicted octanol–water partition coefficient (Wildman–Crippen LogP) is 2.69. The van der Waals surface area contributed by atoms with Crippen LogP contribution in [0.1, 0.15) is 57.8 Å². The summed E-state index contributed by atoms with van der Waals surface area (Å²) in [5, 5.41) is 6.78. The minimum Gasteiger partial charge on any atom is -0.376 e. The van der Waals surface area contributed by atoms with Crippen molar-refractivity contribution in [1.82, 2.24) is 10.6 Å². The number of hydrogen-bond acceptors (Lipinski definition) is 2. The fourth-order valence-corrected chi connectivity index (χ4v) is 3.31. The van der Waals surface area contributed by atoms with Crippen molar-refractivity contribution in [3.63, 3.8) is 0 Å². The lowest BCUT2D eigenvalue weighted by molar-refractivity contribution is 0.114. The quantitative estimate of drug-likeness (QED) is 0.447. The molecule has 116 valence electrons. The number of nitrogens with zero attached hydrogens (tertiary/aromatic N) is 1. The highest BCUT2D eigenvalue weighted by Gasteiger charge is 2.15. The van der Waals surface area contributed by atoms with Crippen LogP contribution in [0.2, 0.25) is 0 Å². The summed E-state index contributed by atoms with van der Waals surface area (Å²) < 4.78 is 5.61. The molecule has 0 spiro atoms. The standard InChI is InChI=1S/C16H31N3O/c1-17-16(19-13-15-10-6-12-20-15)18-11-5-9-14-7-3-2-4-8-14/h14-15H,2-13H2,1H3,(H2,17,18,19). The van der Waals surface area contributed by atoms with Crippen molar-refractivity contribution in [1.29, 1.82) is 0 Å². The van der Waals surface area contributed by atoms with E-state index in [4.69, 9.17) is 4.74 Å². The normalized spacial score (nSPS) is 24.9. The Morgan fingerprint density at radius 2 is 1.95 bits per heavy atom. The van der Waals surface area contributed by atoms with Crippen molar-refractivity contribution in [3.8, 4) is 0 Å². The van der Waals surface area contributed by atoms with E-state index in [1.807, 2.05) is 7.05 Å². The zero-order valence-electron chi connectivity index (χ0n) is 13.0. The van der Waals surface area contributed by atoms with Gasteiger partial charge in [-0.15, -0.1) is 0 Å². The van der Waals surface area contributed by atoms with Gasteiger partial charge >= 0.3 is 0 Å². The summed E-state index contributed by atoms with van der Waals surface area (Å²) >= 11 is 0. The summed E-state index contributed by atoms with van der Waals surface area (Å²) in [6.07, 6.45) is 12.6. The lowest BCUT2D eigenvalue weighted by atomic mass is 9.86. The third-order valence-corrected chi connectivity index (χ3v) is 4.55. The van der Waals surface area contributed by atoms with Gasteiger partial charge < -0.3 is 15.4 Å². The van der Waals surface area contributed by atoms with Gasteiger partial charge in [0, 0.05) is 26.7 Å². The van der Waals surface area contributed by atoms with E-state index in [-0.39, 0.29) is 0 Å². The lowest BCUT2D eigenvalue weighted by Crippen LogP contribution is -2.41. The van der Waals surface area contributed by atoms with Gasteiger partial charge in [0.25, 0.3) is 0 Å². The van der Waals surface area contributed by atoms with Crippen LogP contribution in [0.15, 0.2) is 4.99 Å². The molecule has 1 aliphatic carbocycles. The molecule has 0 bridgehead atoms. The van der Waals surface area contributed by atoms with E-state index in [2.05, 4.69) is 15.6 Å². The topological polar surface area (TPSA) is 45.7 Å². The Morgan fingerprint density at radius 1 is 1.10 bits per heavy atom. The molecule has 20 heavy (non-hydrogen) atoms. The molecule has 2 N–H and O–H groups in total. The van der Waals surface area contributed by atoms with Crippen molar-refractivity contribution in [2.75, 3.05) is 26.7 Å². The van der Waals surface area contributed by atoms with Gasteiger partial charge in [-0.1, -0.05) is 32.1 Å². The Hall–Kier alpha value is -0.770. The molecule has 4 nitrogen and oxygen atoms in total. The van der Waals surface area contributed by atoms with E-state index in [0.29, 0.717) is 6.10 Å². The van der Waals surface area contributed by atoms with E-state index in [0.717, 1.165) is 31.6 Å². The van der Waals surface area contributed by atoms with Crippen molar-refractivity contribution < 1.29 is 4.74 Å². The Kier molecular flexibility index (Phi) is 7.20. The molecular weight excluding hydrogens is 250 g/mol. The molecule has 1 atom stereocenters. The van der Waals surface area contributed by atoms with Gasteiger partial charge in [0.1, 0.15) is 0 Å². The number of nitrogens with one attached hydrogen (secondary N) is 2. The lowest BCUT2D eigenvalue weighted by Gasteiger charge is -2.21. The summed E-state index contributed by atoms with van der Waals surface area (Å²) in [5.41, 5.74) is 0. The van der Waals surface area contributed by atoms with E-state index in [1.165, 1.54) is 57.8 Å². The largest absolute Gasteiger partial charge is 0.376 e. The summed E-state index contributed by atoms with van der Waals surface area (Å²) in [7, 11) is 1.84. The van der Waals surface area contributed by atoms with Gasteiger partial charge in [-0.3, -0.25) is 4.99 Å². The van der Waals surface area contributed by atoms with Crippen LogP contribution in [-0.4, -0.2) is 38.8 Å². The third-order valence-electron chi connectivity index (χ3n) is 4.55. The molecule has 1 aliphatic heterocycles. The fourth-order valence-electron chi connectivity index (χ4n) is 3.31. The molecule has 0 aromatic carbocycles. The number of ether oxygens (including phenoxy) is 1. The number of rotatable bonds is 6. The average Bonchev–Trinajstić information content (AvgIpc) is 3.01. The van der Waals surface area contributed by atoms with Crippen molar-refractivity contribution in [2.45, 2.75) is 63.9 Å². The molecule has 2 rings (SSSR count). The summed E-state index contributed by atoms with van der Waals surface area (Å²) in [6, 6.07) is 0. The minimum absolute atomic E-state index is 0.371. The summed E-state index contributed by atoms with van der Waals surface area (Å²) in [4.78, 5) is 4.27. The highest BCUT2D eigenvalue weighted by atomic mass is 16.5. The van der Waals surface area contributed by atoms with Crippen LogP contribution in [0.5, 0.6) is 0 Å². The number of hydrogen-bond donors (Lipinski definition) is 2. The Bertz CT molecular complexity index is 281. The second-order valence-corrected chi connectivity index (χ2v) is 6.16. The second kappa shape index (κ2) is 9.22. The maximum absolute atomic E-state index is 5.61. The molecule has 1 saturated heterocycles. The zero-order valence-corrected chi connectivity index (χ0v) is 13.0. The first-order chi connectivity index (χ1) is 9.88. The summed E-state index contributed by atoms with van der Waals surface area (Å²) in [6.45, 7) is 2.82. The monoisotopic (exact) mass is 281 g/mol. The van der Waals surface area contributed by atoms with Gasteiger partial charge in [0.15, 0.2) is 5.96 Å². The SMILES string of the molecule is CN=C(NCCCC1CCCCC1)NCC1CCCO1. The van der Waals surface area contributed by atoms with Crippen LogP contribution in [0, 0.1) is 5.92 Å². The molecule has 4 heteroatoms. The van der Waals surface area contributed by atoms with E-state index >= 15 is 0 Å². The number of aliphatic imine (C=N–C) groups is 1.